The van der Waals surface area contributed by atoms with E-state index in [0.717, 1.165) is 72.2 Å². The van der Waals surface area contributed by atoms with Crippen molar-refractivity contribution in [1.29, 1.82) is 0 Å². The van der Waals surface area contributed by atoms with E-state index in [1.54, 1.807) is 0 Å². The number of benzene rings is 2. The topological polar surface area (TPSA) is 119 Å². The summed E-state index contributed by atoms with van der Waals surface area (Å²) in [4.78, 5) is 26.8. The SMILES string of the molecule is CCCCCc1c(Cc2ccc(-c3ccccc3-c3nn[nH]n3)cc2)c(=O)n2n1CCCC2C(CC)(CC)C(=O)O. The van der Waals surface area contributed by atoms with Gasteiger partial charge in [-0.15, -0.1) is 10.2 Å². The Kier molecular flexibility index (Phi) is 8.52. The molecule has 216 valence electrons. The smallest absolute Gasteiger partial charge is 0.311 e. The molecule has 4 aromatic rings. The normalized spacial score (nSPS) is 15.1. The Morgan fingerprint density at radius 1 is 1.05 bits per heavy atom. The molecule has 0 spiro atoms. The van der Waals surface area contributed by atoms with Gasteiger partial charge < -0.3 is 5.11 Å². The number of unbranched alkanes of at least 4 members (excludes halogenated alkanes) is 2. The number of carboxylic acid groups (broad SMARTS) is 1. The third kappa shape index (κ3) is 5.25. The number of hydrogen-bond acceptors (Lipinski definition) is 5. The van der Waals surface area contributed by atoms with Crippen LogP contribution in [0.5, 0.6) is 0 Å². The molecule has 5 rings (SSSR count). The highest BCUT2D eigenvalue weighted by molar-refractivity contribution is 5.80. The number of carboxylic acids is 1. The molecule has 9 nitrogen and oxygen atoms in total. The van der Waals surface area contributed by atoms with E-state index in [4.69, 9.17) is 0 Å². The Morgan fingerprint density at radius 3 is 2.41 bits per heavy atom. The van der Waals surface area contributed by atoms with Crippen LogP contribution in [0.25, 0.3) is 22.5 Å². The van der Waals surface area contributed by atoms with Gasteiger partial charge >= 0.3 is 5.97 Å². The molecule has 9 heteroatoms. The van der Waals surface area contributed by atoms with Crippen molar-refractivity contribution in [3.05, 3.63) is 75.7 Å². The second-order valence-electron chi connectivity index (χ2n) is 11.1. The van der Waals surface area contributed by atoms with Gasteiger partial charge in [-0.3, -0.25) is 14.3 Å². The molecular formula is C32H40N6O3. The van der Waals surface area contributed by atoms with Gasteiger partial charge in [0, 0.05) is 29.8 Å². The third-order valence-corrected chi connectivity index (χ3v) is 9.03. The summed E-state index contributed by atoms with van der Waals surface area (Å²) in [5.74, 6) is -0.264. The summed E-state index contributed by atoms with van der Waals surface area (Å²) in [5, 5.41) is 24.9. The molecule has 1 aliphatic rings. The van der Waals surface area contributed by atoms with Gasteiger partial charge in [-0.1, -0.05) is 82.1 Å². The van der Waals surface area contributed by atoms with Crippen LogP contribution in [0, 0.1) is 5.41 Å². The zero-order chi connectivity index (χ0) is 29.0. The second kappa shape index (κ2) is 12.2. The first-order valence-electron chi connectivity index (χ1n) is 14.9. The molecule has 0 radical (unpaired) electrons. The van der Waals surface area contributed by atoms with Gasteiger partial charge in [0.2, 0.25) is 5.82 Å². The molecule has 0 saturated heterocycles. The summed E-state index contributed by atoms with van der Waals surface area (Å²) in [6, 6.07) is 15.9. The summed E-state index contributed by atoms with van der Waals surface area (Å²) in [6.45, 7) is 6.81. The van der Waals surface area contributed by atoms with E-state index in [1.165, 1.54) is 0 Å². The van der Waals surface area contributed by atoms with Gasteiger partial charge in [-0.2, -0.15) is 5.21 Å². The predicted molar refractivity (Wildman–Crippen MR) is 159 cm³/mol. The van der Waals surface area contributed by atoms with E-state index in [-0.39, 0.29) is 11.6 Å². The molecule has 1 atom stereocenters. The lowest BCUT2D eigenvalue weighted by Gasteiger charge is -2.40. The lowest BCUT2D eigenvalue weighted by atomic mass is 9.73. The predicted octanol–water partition coefficient (Wildman–Crippen LogP) is 6.05. The number of H-pyrrole nitrogens is 1. The van der Waals surface area contributed by atoms with Crippen LogP contribution in [0.3, 0.4) is 0 Å². The number of carbonyl (C=O) groups is 1. The molecule has 1 unspecified atom stereocenters. The van der Waals surface area contributed by atoms with E-state index in [0.29, 0.717) is 31.5 Å². The first kappa shape index (κ1) is 28.5. The van der Waals surface area contributed by atoms with Crippen LogP contribution < -0.4 is 5.56 Å². The quantitative estimate of drug-likeness (QED) is 0.205. The zero-order valence-electron chi connectivity index (χ0n) is 24.3. The van der Waals surface area contributed by atoms with Gasteiger partial charge in [-0.05, 0) is 60.4 Å². The van der Waals surface area contributed by atoms with Gasteiger partial charge in [0.15, 0.2) is 0 Å². The average Bonchev–Trinajstić information content (AvgIpc) is 3.62. The van der Waals surface area contributed by atoms with Crippen molar-refractivity contribution in [2.24, 2.45) is 5.41 Å². The largest absolute Gasteiger partial charge is 0.481 e. The molecule has 3 heterocycles. The number of aromatic nitrogens is 6. The maximum Gasteiger partial charge on any atom is 0.311 e. The minimum Gasteiger partial charge on any atom is -0.481 e. The van der Waals surface area contributed by atoms with Crippen molar-refractivity contribution in [1.82, 2.24) is 30.0 Å². The highest BCUT2D eigenvalue weighted by Crippen LogP contribution is 2.43. The van der Waals surface area contributed by atoms with Gasteiger partial charge in [0.1, 0.15) is 0 Å². The van der Waals surface area contributed by atoms with Gasteiger partial charge in [-0.25, -0.2) is 4.68 Å². The van der Waals surface area contributed by atoms with Crippen molar-refractivity contribution >= 4 is 5.97 Å². The standard InChI is InChI=1S/C32H40N6O3/c1-4-7-8-14-27-26(30(39)38-28(15-11-20-37(27)38)32(5-2,6-3)31(40)41)21-22-16-18-23(19-17-22)24-12-9-10-13-25(24)29-33-35-36-34-29/h9-10,12-13,16-19,28H,4-8,11,14-15,20-21H2,1-3H3,(H,40,41)(H,33,34,35,36). The average molecular weight is 557 g/mol. The fourth-order valence-electron chi connectivity index (χ4n) is 6.65. The molecule has 2 N–H and O–H groups in total. The molecule has 0 bridgehead atoms. The van der Waals surface area contributed by atoms with E-state index in [1.807, 2.05) is 42.8 Å². The number of hydrogen-bond donors (Lipinski definition) is 2. The van der Waals surface area contributed by atoms with E-state index >= 15 is 0 Å². The second-order valence-corrected chi connectivity index (χ2v) is 11.1. The third-order valence-electron chi connectivity index (χ3n) is 9.03. The highest BCUT2D eigenvalue weighted by atomic mass is 16.4. The van der Waals surface area contributed by atoms with Crippen molar-refractivity contribution < 1.29 is 9.90 Å². The number of fused-ring (bicyclic) bond motifs is 1. The molecule has 0 aliphatic carbocycles. The summed E-state index contributed by atoms with van der Waals surface area (Å²) in [7, 11) is 0. The molecule has 2 aromatic carbocycles. The molecule has 1 aliphatic heterocycles. The Bertz CT molecular complexity index is 1530. The van der Waals surface area contributed by atoms with Gasteiger partial charge in [0.25, 0.3) is 5.56 Å². The lowest BCUT2D eigenvalue weighted by Crippen LogP contribution is -2.46. The van der Waals surface area contributed by atoms with Crippen molar-refractivity contribution in [2.45, 2.75) is 91.1 Å². The molecule has 0 amide bonds. The highest BCUT2D eigenvalue weighted by Gasteiger charge is 2.47. The Balaban J connectivity index is 1.53. The summed E-state index contributed by atoms with van der Waals surface area (Å²) < 4.78 is 3.97. The number of aromatic amines is 1. The molecule has 0 fully saturated rings. The number of nitrogens with zero attached hydrogens (tertiary/aromatic N) is 5. The van der Waals surface area contributed by atoms with Crippen molar-refractivity contribution in [3.8, 4) is 22.5 Å². The zero-order valence-corrected chi connectivity index (χ0v) is 24.3. The molecule has 0 saturated carbocycles. The Hall–Kier alpha value is -4.01. The van der Waals surface area contributed by atoms with Crippen LogP contribution in [0.2, 0.25) is 0 Å². The van der Waals surface area contributed by atoms with Crippen LogP contribution in [0.15, 0.2) is 53.3 Å². The van der Waals surface area contributed by atoms with E-state index in [9.17, 15) is 14.7 Å². The molecule has 2 aromatic heterocycles. The summed E-state index contributed by atoms with van der Waals surface area (Å²) in [6.07, 6.45) is 7.13. The lowest BCUT2D eigenvalue weighted by molar-refractivity contribution is -0.154. The molecule has 41 heavy (non-hydrogen) atoms. The number of rotatable bonds is 12. The van der Waals surface area contributed by atoms with Crippen molar-refractivity contribution in [3.63, 3.8) is 0 Å². The fraction of sp³-hybridized carbons (Fsp3) is 0.469. The maximum atomic E-state index is 14.2. The summed E-state index contributed by atoms with van der Waals surface area (Å²) >= 11 is 0. The Morgan fingerprint density at radius 2 is 1.78 bits per heavy atom. The van der Waals surface area contributed by atoms with Crippen LogP contribution in [0.4, 0.5) is 0 Å². The first-order valence-corrected chi connectivity index (χ1v) is 14.9. The minimum atomic E-state index is -0.952. The Labute approximate surface area is 240 Å². The fourth-order valence-corrected chi connectivity index (χ4v) is 6.65. The number of tetrazole rings is 1. The number of aliphatic carboxylic acids is 1. The maximum absolute atomic E-state index is 14.2. The van der Waals surface area contributed by atoms with Gasteiger partial charge in [0.05, 0.1) is 11.5 Å². The van der Waals surface area contributed by atoms with Crippen LogP contribution in [-0.2, 0) is 24.2 Å². The summed E-state index contributed by atoms with van der Waals surface area (Å²) in [5.41, 5.74) is 4.88. The van der Waals surface area contributed by atoms with Crippen LogP contribution >= 0.6 is 0 Å². The van der Waals surface area contributed by atoms with E-state index in [2.05, 4.69) is 56.5 Å². The van der Waals surface area contributed by atoms with E-state index < -0.39 is 11.4 Å². The monoisotopic (exact) mass is 556 g/mol. The van der Waals surface area contributed by atoms with Crippen molar-refractivity contribution in [2.75, 3.05) is 0 Å². The van der Waals surface area contributed by atoms with Crippen LogP contribution in [0.1, 0.15) is 88.6 Å². The number of nitrogens with one attached hydrogen (secondary N) is 1. The first-order chi connectivity index (χ1) is 19.9. The minimum absolute atomic E-state index is 0.0275. The molecular weight excluding hydrogens is 516 g/mol. The van der Waals surface area contributed by atoms with Crippen LogP contribution in [-0.4, -0.2) is 41.1 Å².